The number of fused-ring (bicyclic) bond motifs is 3. The lowest BCUT2D eigenvalue weighted by atomic mass is 9.58. The maximum atomic E-state index is 12.5. The van der Waals surface area contributed by atoms with Crippen LogP contribution in [-0.2, 0) is 14.4 Å². The van der Waals surface area contributed by atoms with Gasteiger partial charge in [-0.25, -0.2) is 0 Å². The van der Waals surface area contributed by atoms with Crippen LogP contribution in [0.5, 0.6) is 0 Å². The maximum Gasteiger partial charge on any atom is 0.205 e. The van der Waals surface area contributed by atoms with Gasteiger partial charge in [0.1, 0.15) is 11.6 Å². The van der Waals surface area contributed by atoms with Crippen molar-refractivity contribution in [3.8, 4) is 11.8 Å². The van der Waals surface area contributed by atoms with Crippen molar-refractivity contribution in [1.82, 2.24) is 0 Å². The van der Waals surface area contributed by atoms with Crippen LogP contribution < -0.4 is 0 Å². The minimum Gasteiger partial charge on any atom is -0.299 e. The molecule has 3 nitrogen and oxygen atoms in total. The molecule has 0 bridgehead atoms. The Hall–Kier alpha value is -1.43. The second kappa shape index (κ2) is 5.40. The van der Waals surface area contributed by atoms with Gasteiger partial charge in [0.05, 0.1) is 0 Å². The predicted molar refractivity (Wildman–Crippen MR) is 78.3 cm³/mol. The van der Waals surface area contributed by atoms with E-state index < -0.39 is 0 Å². The maximum absolute atomic E-state index is 12.5. The van der Waals surface area contributed by atoms with Crippen LogP contribution in [-0.4, -0.2) is 17.3 Å². The highest BCUT2D eigenvalue weighted by atomic mass is 16.1. The summed E-state index contributed by atoms with van der Waals surface area (Å²) in [6.07, 6.45) is 5.35. The first-order chi connectivity index (χ1) is 10.0. The van der Waals surface area contributed by atoms with Crippen LogP contribution in [0, 0.1) is 35.0 Å². The minimum atomic E-state index is -0.213. The molecule has 3 aliphatic rings. The molecule has 0 unspecified atom stereocenters. The van der Waals surface area contributed by atoms with Gasteiger partial charge in [0.15, 0.2) is 0 Å². The lowest BCUT2D eigenvalue weighted by Gasteiger charge is -2.45. The monoisotopic (exact) mass is 286 g/mol. The average Bonchev–Trinajstić information content (AvgIpc) is 2.76. The molecule has 3 rings (SSSR count). The molecule has 2 fully saturated rings. The quantitative estimate of drug-likeness (QED) is 0.508. The van der Waals surface area contributed by atoms with Crippen LogP contribution in [0.1, 0.15) is 58.3 Å². The van der Waals surface area contributed by atoms with Crippen molar-refractivity contribution < 1.29 is 14.4 Å². The molecule has 21 heavy (non-hydrogen) atoms. The Bertz CT molecular complexity index is 551. The number of hydrogen-bond acceptors (Lipinski definition) is 3. The topological polar surface area (TPSA) is 51.2 Å². The molecule has 0 aromatic rings. The van der Waals surface area contributed by atoms with Crippen LogP contribution in [0.15, 0.2) is 0 Å². The second-order valence-corrected chi connectivity index (χ2v) is 7.02. The van der Waals surface area contributed by atoms with Crippen LogP contribution >= 0.6 is 0 Å². The Morgan fingerprint density at radius 2 is 1.86 bits per heavy atom. The summed E-state index contributed by atoms with van der Waals surface area (Å²) in [5.41, 5.74) is -0.213. The minimum absolute atomic E-state index is 0.0432. The van der Waals surface area contributed by atoms with Crippen molar-refractivity contribution in [3.05, 3.63) is 0 Å². The zero-order valence-electron chi connectivity index (χ0n) is 12.6. The van der Waals surface area contributed by atoms with Gasteiger partial charge in [-0.2, -0.15) is 0 Å². The molecule has 3 aliphatic carbocycles. The summed E-state index contributed by atoms with van der Waals surface area (Å²) in [5, 5.41) is 0. The summed E-state index contributed by atoms with van der Waals surface area (Å²) in [7, 11) is 0. The van der Waals surface area contributed by atoms with Crippen LogP contribution in [0.25, 0.3) is 0 Å². The molecule has 4 atom stereocenters. The third kappa shape index (κ3) is 2.46. The molecule has 0 aliphatic heterocycles. The Balaban J connectivity index is 1.89. The fourth-order valence-corrected chi connectivity index (χ4v) is 4.75. The van der Waals surface area contributed by atoms with E-state index in [1.165, 1.54) is 0 Å². The first-order valence-electron chi connectivity index (χ1n) is 8.10. The largest absolute Gasteiger partial charge is 0.299 e. The van der Waals surface area contributed by atoms with Gasteiger partial charge in [-0.3, -0.25) is 14.4 Å². The zero-order valence-corrected chi connectivity index (χ0v) is 12.6. The van der Waals surface area contributed by atoms with Crippen LogP contribution in [0.3, 0.4) is 0 Å². The molecular formula is C18H22O3. The molecule has 0 aromatic heterocycles. The van der Waals surface area contributed by atoms with Gasteiger partial charge in [0.25, 0.3) is 0 Å². The number of rotatable bonds is 0. The summed E-state index contributed by atoms with van der Waals surface area (Å²) in [4.78, 5) is 36.3. The molecule has 0 N–H and O–H groups in total. The smallest absolute Gasteiger partial charge is 0.205 e. The van der Waals surface area contributed by atoms with E-state index in [4.69, 9.17) is 0 Å². The van der Waals surface area contributed by atoms with E-state index in [1.807, 2.05) is 0 Å². The Morgan fingerprint density at radius 1 is 1.05 bits per heavy atom. The van der Waals surface area contributed by atoms with Gasteiger partial charge in [-0.05, 0) is 43.4 Å². The summed E-state index contributed by atoms with van der Waals surface area (Å²) < 4.78 is 0. The third-order valence-corrected chi connectivity index (χ3v) is 5.99. The molecule has 112 valence electrons. The number of carbonyl (C=O) groups excluding carboxylic acids is 3. The zero-order chi connectivity index (χ0) is 15.0. The van der Waals surface area contributed by atoms with E-state index in [0.717, 1.165) is 25.7 Å². The first-order valence-corrected chi connectivity index (χ1v) is 8.10. The number of Topliss-reactive ketones (excluding diaryl/α,β-unsaturated/α-hetero) is 3. The van der Waals surface area contributed by atoms with E-state index >= 15 is 0 Å². The second-order valence-electron chi connectivity index (χ2n) is 7.02. The summed E-state index contributed by atoms with van der Waals surface area (Å²) in [6.45, 7) is 2.10. The summed E-state index contributed by atoms with van der Waals surface area (Å²) in [6, 6.07) is 0. The van der Waals surface area contributed by atoms with Gasteiger partial charge in [-0.1, -0.05) is 12.8 Å². The highest BCUT2D eigenvalue weighted by molar-refractivity contribution is 5.98. The highest BCUT2D eigenvalue weighted by Gasteiger charge is 2.54. The Morgan fingerprint density at radius 3 is 2.67 bits per heavy atom. The van der Waals surface area contributed by atoms with Gasteiger partial charge in [-0.15, -0.1) is 0 Å². The number of ketones is 3. The van der Waals surface area contributed by atoms with Gasteiger partial charge >= 0.3 is 0 Å². The van der Waals surface area contributed by atoms with Crippen molar-refractivity contribution in [1.29, 1.82) is 0 Å². The van der Waals surface area contributed by atoms with Crippen molar-refractivity contribution >= 4 is 17.3 Å². The Labute approximate surface area is 125 Å². The van der Waals surface area contributed by atoms with E-state index in [2.05, 4.69) is 18.8 Å². The normalized spacial score (nSPS) is 40.0. The molecule has 0 heterocycles. The van der Waals surface area contributed by atoms with E-state index in [9.17, 15) is 14.4 Å². The average molecular weight is 286 g/mol. The lowest BCUT2D eigenvalue weighted by Crippen LogP contribution is -2.44. The van der Waals surface area contributed by atoms with Crippen LogP contribution in [0.2, 0.25) is 0 Å². The van der Waals surface area contributed by atoms with E-state index in [-0.39, 0.29) is 35.2 Å². The van der Waals surface area contributed by atoms with Gasteiger partial charge < -0.3 is 0 Å². The predicted octanol–water partition coefficient (Wildman–Crippen LogP) is 2.71. The molecule has 2 saturated carbocycles. The molecule has 0 radical (unpaired) electrons. The molecular weight excluding hydrogens is 264 g/mol. The molecule has 0 saturated heterocycles. The van der Waals surface area contributed by atoms with Gasteiger partial charge in [0.2, 0.25) is 5.78 Å². The van der Waals surface area contributed by atoms with Crippen LogP contribution in [0.4, 0.5) is 0 Å². The fourth-order valence-electron chi connectivity index (χ4n) is 4.75. The summed E-state index contributed by atoms with van der Waals surface area (Å²) in [5.74, 6) is 6.76. The lowest BCUT2D eigenvalue weighted by molar-refractivity contribution is -0.136. The van der Waals surface area contributed by atoms with Crippen molar-refractivity contribution in [3.63, 3.8) is 0 Å². The van der Waals surface area contributed by atoms with Crippen molar-refractivity contribution in [2.45, 2.75) is 58.3 Å². The van der Waals surface area contributed by atoms with E-state index in [1.54, 1.807) is 0 Å². The summed E-state index contributed by atoms with van der Waals surface area (Å²) >= 11 is 0. The molecule has 0 spiro atoms. The Kier molecular flexibility index (Phi) is 3.73. The molecule has 3 heteroatoms. The van der Waals surface area contributed by atoms with Crippen molar-refractivity contribution in [2.75, 3.05) is 0 Å². The molecule has 0 amide bonds. The first kappa shape index (κ1) is 14.5. The third-order valence-electron chi connectivity index (χ3n) is 5.99. The SMILES string of the molecule is C[C@]12CC[C@@H]3C(=O)CCC(=O)C#CCC[C@H]3[C@@H]1CCC2=O. The number of carbonyl (C=O) groups is 3. The number of hydrogen-bond donors (Lipinski definition) is 0. The highest BCUT2D eigenvalue weighted by Crippen LogP contribution is 2.55. The van der Waals surface area contributed by atoms with Gasteiger partial charge in [0, 0.05) is 37.0 Å². The standard InChI is InChI=1S/C18H22O3/c1-18-11-10-14-13(15(18)7-9-17(18)21)5-3-2-4-12(19)6-8-16(14)20/h13-15H,3,5-11H2,1H3/t13-,14+,15+,18+/m1/s1. The van der Waals surface area contributed by atoms with E-state index in [0.29, 0.717) is 31.0 Å². The van der Waals surface area contributed by atoms with Crippen molar-refractivity contribution in [2.24, 2.45) is 23.2 Å². The fraction of sp³-hybridized carbons (Fsp3) is 0.722. The molecule has 0 aromatic carbocycles.